The maximum absolute atomic E-state index is 12.6. The molecule has 0 spiro atoms. The number of hydrogen-bond acceptors (Lipinski definition) is 13. The first kappa shape index (κ1) is 63.1. The lowest BCUT2D eigenvalue weighted by atomic mass is 10.2. The van der Waals surface area contributed by atoms with E-state index in [1.807, 2.05) is 93.6 Å². The second-order valence-electron chi connectivity index (χ2n) is 15.4. The van der Waals surface area contributed by atoms with E-state index in [1.54, 1.807) is 27.2 Å². The molecule has 19 heteroatoms. The lowest BCUT2D eigenvalue weighted by Crippen LogP contribution is -2.34. The van der Waals surface area contributed by atoms with E-state index in [4.69, 9.17) is 28.5 Å². The summed E-state index contributed by atoms with van der Waals surface area (Å²) in [7, 11) is 5.16. The monoisotopic (exact) mass is 976 g/mol. The van der Waals surface area contributed by atoms with Crippen LogP contribution in [0.3, 0.4) is 0 Å². The molecule has 2 atom stereocenters. The molecule has 2 heterocycles. The first-order chi connectivity index (χ1) is 33.5. The number of fused-ring (bicyclic) bond motifs is 1. The lowest BCUT2D eigenvalue weighted by Gasteiger charge is -2.20. The number of imidazole rings is 1. The molecule has 0 aliphatic rings. The molecule has 0 saturated carbocycles. The van der Waals surface area contributed by atoms with Crippen LogP contribution in [0, 0.1) is 6.92 Å². The summed E-state index contributed by atoms with van der Waals surface area (Å²) in [5.74, 6) is 0.969. The summed E-state index contributed by atoms with van der Waals surface area (Å²) in [6.45, 7) is 29.6. The Balaban J connectivity index is 0.000000950. The smallest absolute Gasteiger partial charge is 0.245 e. The van der Waals surface area contributed by atoms with E-state index in [2.05, 4.69) is 70.2 Å². The first-order valence-corrected chi connectivity index (χ1v) is 22.8. The van der Waals surface area contributed by atoms with Gasteiger partial charge >= 0.3 is 0 Å². The number of amides is 5. The van der Waals surface area contributed by atoms with Gasteiger partial charge < -0.3 is 59.5 Å². The number of methoxy groups -OCH3 is 2. The molecule has 0 aliphatic carbocycles. The molecule has 19 nitrogen and oxygen atoms in total. The fraction of sp³-hybridized carbons (Fsp3) is 0.431. The van der Waals surface area contributed by atoms with E-state index in [0.717, 1.165) is 30.0 Å². The second-order valence-corrected chi connectivity index (χ2v) is 15.4. The largest absolute Gasteiger partial charge is 0.383 e. The number of aromatic nitrogens is 3. The number of nitrogens with zero attached hydrogens (tertiary/aromatic N) is 4. The summed E-state index contributed by atoms with van der Waals surface area (Å²) in [5.41, 5.74) is 2.93. The third-order valence-corrected chi connectivity index (χ3v) is 8.53. The van der Waals surface area contributed by atoms with Crippen molar-refractivity contribution in [3.63, 3.8) is 0 Å². The lowest BCUT2D eigenvalue weighted by molar-refractivity contribution is -0.118. The first-order valence-electron chi connectivity index (χ1n) is 22.8. The van der Waals surface area contributed by atoms with Gasteiger partial charge in [-0.2, -0.15) is 0 Å². The van der Waals surface area contributed by atoms with Crippen molar-refractivity contribution in [2.75, 3.05) is 77.6 Å². The number of para-hydroxylation sites is 2. The van der Waals surface area contributed by atoms with Crippen LogP contribution in [-0.2, 0) is 56.0 Å². The SMILES string of the molecule is C=CC(=O)NCCOC(C)C.C=CC(=O)NCCOCCC.C=CC(=O)N[C@@H](C)COC.C=CC(=O)N[C@H](C)COC.Cc1cc(NC(=O)Cn2c(N(C)Cc3ccccc3)nc3ccccc32)no1. The third-order valence-electron chi connectivity index (χ3n) is 8.53. The highest BCUT2D eigenvalue weighted by molar-refractivity contribution is 5.92. The minimum Gasteiger partial charge on any atom is -0.383 e. The molecule has 0 aliphatic heterocycles. The summed E-state index contributed by atoms with van der Waals surface area (Å²) < 4.78 is 26.8. The van der Waals surface area contributed by atoms with Crippen molar-refractivity contribution in [3.8, 4) is 0 Å². The summed E-state index contributed by atoms with van der Waals surface area (Å²) in [5, 5.41) is 17.1. The highest BCUT2D eigenvalue weighted by Gasteiger charge is 2.18. The van der Waals surface area contributed by atoms with Crippen LogP contribution in [0.5, 0.6) is 0 Å². The molecule has 2 aromatic carbocycles. The van der Waals surface area contributed by atoms with Crippen LogP contribution in [0.4, 0.5) is 11.8 Å². The van der Waals surface area contributed by atoms with Gasteiger partial charge in [0.05, 0.1) is 43.6 Å². The number of carbonyl (C=O) groups is 5. The van der Waals surface area contributed by atoms with Gasteiger partial charge in [0.2, 0.25) is 35.5 Å². The van der Waals surface area contributed by atoms with Gasteiger partial charge in [-0.25, -0.2) is 4.98 Å². The maximum Gasteiger partial charge on any atom is 0.245 e. The average molecular weight is 976 g/mol. The van der Waals surface area contributed by atoms with Gasteiger partial charge in [-0.1, -0.05) is 80.9 Å². The Kier molecular flexibility index (Phi) is 35.1. The average Bonchev–Trinajstić information content (AvgIpc) is 3.93. The Morgan fingerprint density at radius 3 is 1.77 bits per heavy atom. The van der Waals surface area contributed by atoms with Crippen LogP contribution in [-0.4, -0.2) is 130 Å². The Morgan fingerprint density at radius 2 is 1.29 bits per heavy atom. The van der Waals surface area contributed by atoms with E-state index in [-0.39, 0.29) is 54.3 Å². The van der Waals surface area contributed by atoms with Gasteiger partial charge in [0, 0.05) is 65.7 Å². The molecule has 5 amide bonds. The van der Waals surface area contributed by atoms with Crippen LogP contribution in [0.15, 0.2) is 116 Å². The fourth-order valence-electron chi connectivity index (χ4n) is 5.48. The number of benzene rings is 2. The van der Waals surface area contributed by atoms with Crippen molar-refractivity contribution in [2.45, 2.75) is 79.2 Å². The molecular formula is C51H77N9O10. The Labute approximate surface area is 414 Å². The van der Waals surface area contributed by atoms with Crippen molar-refractivity contribution in [2.24, 2.45) is 0 Å². The number of rotatable bonds is 25. The number of hydrogen-bond donors (Lipinski definition) is 5. The normalized spacial score (nSPS) is 10.8. The highest BCUT2D eigenvalue weighted by Crippen LogP contribution is 2.23. The summed E-state index contributed by atoms with van der Waals surface area (Å²) >= 11 is 0. The number of aryl methyl sites for hydroxylation is 1. The molecule has 70 heavy (non-hydrogen) atoms. The molecule has 0 unspecified atom stereocenters. The van der Waals surface area contributed by atoms with Crippen LogP contribution >= 0.6 is 0 Å². The summed E-state index contributed by atoms with van der Waals surface area (Å²) in [6, 6.07) is 19.8. The molecule has 0 saturated heterocycles. The van der Waals surface area contributed by atoms with E-state index in [1.165, 1.54) is 29.9 Å². The number of nitrogens with one attached hydrogen (secondary N) is 5. The minimum absolute atomic E-state index is 0.0514. The second kappa shape index (κ2) is 39.0. The van der Waals surface area contributed by atoms with Crippen LogP contribution in [0.1, 0.15) is 52.4 Å². The zero-order valence-electron chi connectivity index (χ0n) is 42.6. The van der Waals surface area contributed by atoms with Crippen LogP contribution < -0.4 is 31.5 Å². The molecule has 4 aromatic rings. The topological polar surface area (TPSA) is 230 Å². The third kappa shape index (κ3) is 30.5. The van der Waals surface area contributed by atoms with Crippen molar-refractivity contribution < 1.29 is 47.4 Å². The zero-order valence-corrected chi connectivity index (χ0v) is 42.6. The Hall–Kier alpha value is -6.93. The van der Waals surface area contributed by atoms with Crippen LogP contribution in [0.2, 0.25) is 0 Å². The maximum atomic E-state index is 12.6. The van der Waals surface area contributed by atoms with Gasteiger partial charge in [0.15, 0.2) is 5.82 Å². The Bertz CT molecular complexity index is 2110. The molecule has 0 bridgehead atoms. The predicted molar refractivity (Wildman–Crippen MR) is 276 cm³/mol. The van der Waals surface area contributed by atoms with E-state index in [9.17, 15) is 24.0 Å². The molecular weight excluding hydrogens is 899 g/mol. The predicted octanol–water partition coefficient (Wildman–Crippen LogP) is 5.68. The Morgan fingerprint density at radius 1 is 0.757 bits per heavy atom. The van der Waals surface area contributed by atoms with Crippen molar-refractivity contribution in [1.29, 1.82) is 0 Å². The van der Waals surface area contributed by atoms with E-state index < -0.39 is 0 Å². The summed E-state index contributed by atoms with van der Waals surface area (Å²) in [6.07, 6.45) is 6.21. The number of ether oxygens (including phenoxy) is 4. The quantitative estimate of drug-likeness (QED) is 0.0398. The van der Waals surface area contributed by atoms with Crippen molar-refractivity contribution in [1.82, 2.24) is 36.0 Å². The molecule has 0 fully saturated rings. The van der Waals surface area contributed by atoms with Gasteiger partial charge in [-0.05, 0) is 83.0 Å². The summed E-state index contributed by atoms with van der Waals surface area (Å²) in [4.78, 5) is 61.8. The van der Waals surface area contributed by atoms with Crippen molar-refractivity contribution in [3.05, 3.63) is 123 Å². The molecule has 386 valence electrons. The number of anilines is 2. The zero-order chi connectivity index (χ0) is 52.7. The fourth-order valence-corrected chi connectivity index (χ4v) is 5.48. The van der Waals surface area contributed by atoms with Crippen molar-refractivity contribution >= 4 is 52.3 Å². The van der Waals surface area contributed by atoms with E-state index >= 15 is 0 Å². The number of carbonyl (C=O) groups excluding carboxylic acids is 5. The molecule has 0 radical (unpaired) electrons. The van der Waals surface area contributed by atoms with Gasteiger partial charge in [-0.3, -0.25) is 24.0 Å². The molecule has 4 rings (SSSR count). The highest BCUT2D eigenvalue weighted by atomic mass is 16.5. The standard InChI is InChI=1S/C21H21N5O2.2C8H15NO2.2C7H13NO2/c1-15-12-19(24-28-15)23-20(27)14-26-18-11-7-6-10-17(18)22-21(26)25(2)13-16-8-4-3-5-9-16;1-4-8(10)9-5-6-11-7(2)3;1-3-6-11-7-5-9-8(10)4-2;2*1-4-7(9)8-6(2)5-10-3/h3-12H,13-14H2,1-2H3,(H,23,24,27);4,7H,1,5-6H2,2-3H3,(H,9,10);4H,2-3,5-7H2,1H3,(H,9,10);2*4,6H,1,5H2,2-3H3,(H,8,9)/t;;;2*6-/m...10/s1. The van der Waals surface area contributed by atoms with Crippen LogP contribution in [0.25, 0.3) is 11.0 Å². The van der Waals surface area contributed by atoms with Gasteiger partial charge in [0.25, 0.3) is 0 Å². The van der Waals surface area contributed by atoms with Gasteiger partial charge in [-0.15, -0.1) is 0 Å². The minimum atomic E-state index is -0.189. The van der Waals surface area contributed by atoms with E-state index in [0.29, 0.717) is 57.6 Å². The van der Waals surface area contributed by atoms with Gasteiger partial charge in [0.1, 0.15) is 12.3 Å². The molecule has 5 N–H and O–H groups in total. The molecule has 2 aromatic heterocycles.